The summed E-state index contributed by atoms with van der Waals surface area (Å²) in [6.45, 7) is 3.29. The summed E-state index contributed by atoms with van der Waals surface area (Å²) in [7, 11) is 0. The molecule has 0 unspecified atom stereocenters. The SMILES string of the molecule is CCc1ccc(NCc2ccc(OCc3ccc(Cl)cc3Cl)c(Br)c2)cc1. The molecule has 27 heavy (non-hydrogen) atoms. The van der Waals surface area contributed by atoms with Gasteiger partial charge in [-0.15, -0.1) is 0 Å². The highest BCUT2D eigenvalue weighted by atomic mass is 79.9. The van der Waals surface area contributed by atoms with E-state index >= 15 is 0 Å². The van der Waals surface area contributed by atoms with E-state index in [0.717, 1.165) is 34.4 Å². The third kappa shape index (κ3) is 5.65. The molecular weight excluding hydrogens is 445 g/mol. The molecule has 0 radical (unpaired) electrons. The highest BCUT2D eigenvalue weighted by Crippen LogP contribution is 2.29. The van der Waals surface area contributed by atoms with Crippen LogP contribution >= 0.6 is 39.1 Å². The quantitative estimate of drug-likeness (QED) is 0.390. The highest BCUT2D eigenvalue weighted by Gasteiger charge is 2.06. The molecule has 0 aliphatic heterocycles. The van der Waals surface area contributed by atoms with E-state index in [0.29, 0.717) is 16.7 Å². The zero-order valence-corrected chi connectivity index (χ0v) is 18.0. The van der Waals surface area contributed by atoms with E-state index in [2.05, 4.69) is 64.6 Å². The predicted molar refractivity (Wildman–Crippen MR) is 118 cm³/mol. The molecule has 3 rings (SSSR count). The van der Waals surface area contributed by atoms with Crippen molar-refractivity contribution in [2.75, 3.05) is 5.32 Å². The Morgan fingerprint density at radius 1 is 0.926 bits per heavy atom. The largest absolute Gasteiger partial charge is 0.488 e. The van der Waals surface area contributed by atoms with Crippen molar-refractivity contribution in [2.45, 2.75) is 26.5 Å². The van der Waals surface area contributed by atoms with Gasteiger partial charge in [0.05, 0.1) is 4.47 Å². The lowest BCUT2D eigenvalue weighted by Crippen LogP contribution is -2.01. The predicted octanol–water partition coefficient (Wildman–Crippen LogP) is 7.51. The second-order valence-corrected chi connectivity index (χ2v) is 7.89. The molecule has 0 spiro atoms. The van der Waals surface area contributed by atoms with Crippen molar-refractivity contribution >= 4 is 44.8 Å². The van der Waals surface area contributed by atoms with Crippen LogP contribution in [-0.2, 0) is 19.6 Å². The first-order valence-corrected chi connectivity index (χ1v) is 10.3. The van der Waals surface area contributed by atoms with Crippen LogP contribution in [0.2, 0.25) is 10.0 Å². The molecule has 0 aromatic heterocycles. The Hall–Kier alpha value is -1.68. The summed E-state index contributed by atoms with van der Waals surface area (Å²) in [4.78, 5) is 0. The van der Waals surface area contributed by atoms with Gasteiger partial charge in [-0.25, -0.2) is 0 Å². The molecule has 0 aliphatic carbocycles. The summed E-state index contributed by atoms with van der Waals surface area (Å²) in [6, 6.07) is 20.0. The van der Waals surface area contributed by atoms with Gasteiger partial charge < -0.3 is 10.1 Å². The minimum atomic E-state index is 0.385. The Bertz CT molecular complexity index is 913. The van der Waals surface area contributed by atoms with E-state index < -0.39 is 0 Å². The molecule has 5 heteroatoms. The van der Waals surface area contributed by atoms with Crippen molar-refractivity contribution in [3.63, 3.8) is 0 Å². The van der Waals surface area contributed by atoms with E-state index in [9.17, 15) is 0 Å². The van der Waals surface area contributed by atoms with Crippen LogP contribution in [0.15, 0.2) is 65.1 Å². The topological polar surface area (TPSA) is 21.3 Å². The van der Waals surface area contributed by atoms with Crippen LogP contribution in [0.4, 0.5) is 5.69 Å². The van der Waals surface area contributed by atoms with E-state index in [1.165, 1.54) is 11.1 Å². The average Bonchev–Trinajstić information content (AvgIpc) is 2.67. The van der Waals surface area contributed by atoms with Gasteiger partial charge in [0.2, 0.25) is 0 Å². The average molecular weight is 465 g/mol. The van der Waals surface area contributed by atoms with Crippen molar-refractivity contribution in [2.24, 2.45) is 0 Å². The minimum Gasteiger partial charge on any atom is -0.488 e. The maximum atomic E-state index is 6.19. The maximum Gasteiger partial charge on any atom is 0.134 e. The molecule has 3 aromatic carbocycles. The number of ether oxygens (including phenoxy) is 1. The number of hydrogen-bond donors (Lipinski definition) is 1. The van der Waals surface area contributed by atoms with Crippen molar-refractivity contribution in [1.29, 1.82) is 0 Å². The second kappa shape index (κ2) is 9.50. The number of hydrogen-bond acceptors (Lipinski definition) is 2. The summed E-state index contributed by atoms with van der Waals surface area (Å²) in [5, 5.41) is 4.66. The first-order valence-electron chi connectivity index (χ1n) is 8.73. The lowest BCUT2D eigenvalue weighted by atomic mass is 10.1. The second-order valence-electron chi connectivity index (χ2n) is 6.19. The fraction of sp³-hybridized carbons (Fsp3) is 0.182. The molecule has 2 nitrogen and oxygen atoms in total. The molecule has 3 aromatic rings. The van der Waals surface area contributed by atoms with Crippen molar-refractivity contribution in [3.05, 3.63) is 91.9 Å². The molecule has 0 bridgehead atoms. The molecule has 1 N–H and O–H groups in total. The van der Waals surface area contributed by atoms with Gasteiger partial charge in [0.1, 0.15) is 12.4 Å². The van der Waals surface area contributed by atoms with Crippen molar-refractivity contribution < 1.29 is 4.74 Å². The van der Waals surface area contributed by atoms with Gasteiger partial charge in [-0.2, -0.15) is 0 Å². The number of anilines is 1. The van der Waals surface area contributed by atoms with Gasteiger partial charge in [0.15, 0.2) is 0 Å². The smallest absolute Gasteiger partial charge is 0.134 e. The number of benzene rings is 3. The molecule has 0 heterocycles. The summed E-state index contributed by atoms with van der Waals surface area (Å²) in [6.07, 6.45) is 1.05. The van der Waals surface area contributed by atoms with Crippen LogP contribution < -0.4 is 10.1 Å². The minimum absolute atomic E-state index is 0.385. The maximum absolute atomic E-state index is 6.19. The van der Waals surface area contributed by atoms with Gasteiger partial charge >= 0.3 is 0 Å². The van der Waals surface area contributed by atoms with Crippen LogP contribution in [0.3, 0.4) is 0 Å². The van der Waals surface area contributed by atoms with Crippen LogP contribution in [0.1, 0.15) is 23.6 Å². The van der Waals surface area contributed by atoms with E-state index in [4.69, 9.17) is 27.9 Å². The lowest BCUT2D eigenvalue weighted by Gasteiger charge is -2.12. The fourth-order valence-corrected chi connectivity index (χ4v) is 3.63. The molecule has 0 saturated heterocycles. The molecular formula is C22H20BrCl2NO. The first kappa shape index (κ1) is 20.1. The van der Waals surface area contributed by atoms with Gasteiger partial charge in [-0.3, -0.25) is 0 Å². The Morgan fingerprint density at radius 3 is 2.33 bits per heavy atom. The summed E-state index contributed by atoms with van der Waals surface area (Å²) in [5.41, 5.74) is 4.51. The Kier molecular flexibility index (Phi) is 7.06. The summed E-state index contributed by atoms with van der Waals surface area (Å²) >= 11 is 15.7. The molecule has 0 atom stereocenters. The number of aryl methyl sites for hydroxylation is 1. The molecule has 140 valence electrons. The van der Waals surface area contributed by atoms with E-state index in [-0.39, 0.29) is 0 Å². The standard InChI is InChI=1S/C22H20BrCl2NO/c1-2-15-3-8-19(9-4-15)26-13-16-5-10-22(20(23)11-16)27-14-17-6-7-18(24)12-21(17)25/h3-12,26H,2,13-14H2,1H3. The van der Waals surface area contributed by atoms with E-state index in [1.54, 1.807) is 6.07 Å². The van der Waals surface area contributed by atoms with Crippen LogP contribution in [0, 0.1) is 0 Å². The van der Waals surface area contributed by atoms with Crippen molar-refractivity contribution in [1.82, 2.24) is 0 Å². The normalized spacial score (nSPS) is 10.7. The third-order valence-corrected chi connectivity index (χ3v) is 5.46. The zero-order chi connectivity index (χ0) is 19.2. The Labute approximate surface area is 178 Å². The fourth-order valence-electron chi connectivity index (χ4n) is 2.63. The molecule has 0 aliphatic rings. The molecule has 0 amide bonds. The third-order valence-electron chi connectivity index (χ3n) is 4.25. The van der Waals surface area contributed by atoms with Crippen LogP contribution in [0.5, 0.6) is 5.75 Å². The number of halogens is 3. The Balaban J connectivity index is 1.59. The van der Waals surface area contributed by atoms with Gasteiger partial charge in [0, 0.05) is 27.8 Å². The monoisotopic (exact) mass is 463 g/mol. The molecule has 0 fully saturated rings. The number of nitrogens with one attached hydrogen (secondary N) is 1. The Morgan fingerprint density at radius 2 is 1.67 bits per heavy atom. The van der Waals surface area contributed by atoms with Crippen LogP contribution in [0.25, 0.3) is 0 Å². The summed E-state index contributed by atoms with van der Waals surface area (Å²) < 4.78 is 6.80. The molecule has 0 saturated carbocycles. The van der Waals surface area contributed by atoms with Gasteiger partial charge in [0.25, 0.3) is 0 Å². The van der Waals surface area contributed by atoms with E-state index in [1.807, 2.05) is 18.2 Å². The number of rotatable bonds is 7. The zero-order valence-electron chi connectivity index (χ0n) is 14.9. The van der Waals surface area contributed by atoms with Gasteiger partial charge in [-0.05, 0) is 69.9 Å². The highest BCUT2D eigenvalue weighted by molar-refractivity contribution is 9.10. The van der Waals surface area contributed by atoms with Crippen molar-refractivity contribution in [3.8, 4) is 5.75 Å². The lowest BCUT2D eigenvalue weighted by molar-refractivity contribution is 0.304. The van der Waals surface area contributed by atoms with Crippen LogP contribution in [-0.4, -0.2) is 0 Å². The summed E-state index contributed by atoms with van der Waals surface area (Å²) in [5.74, 6) is 0.775. The first-order chi connectivity index (χ1) is 13.0. The van der Waals surface area contributed by atoms with Gasteiger partial charge in [-0.1, -0.05) is 54.4 Å².